The number of anilines is 1. The molecule has 1 aliphatic rings. The van der Waals surface area contributed by atoms with Gasteiger partial charge in [-0.25, -0.2) is 0 Å². The Bertz CT molecular complexity index is 729. The lowest BCUT2D eigenvalue weighted by Crippen LogP contribution is -3.11. The molecule has 24 heavy (non-hydrogen) atoms. The lowest BCUT2D eigenvalue weighted by atomic mass is 10.1. The van der Waals surface area contributed by atoms with Crippen molar-refractivity contribution in [2.45, 2.75) is 18.9 Å². The first-order chi connectivity index (χ1) is 11.6. The van der Waals surface area contributed by atoms with E-state index in [-0.39, 0.29) is 5.91 Å². The molecule has 0 saturated carbocycles. The highest BCUT2D eigenvalue weighted by Gasteiger charge is 2.32. The number of amides is 1. The number of methoxy groups -OCH3 is 1. The van der Waals surface area contributed by atoms with Gasteiger partial charge < -0.3 is 19.5 Å². The van der Waals surface area contributed by atoms with Crippen molar-refractivity contribution in [1.29, 1.82) is 0 Å². The van der Waals surface area contributed by atoms with Crippen LogP contribution in [0, 0.1) is 0 Å². The number of nitrogens with one attached hydrogen (secondary N) is 2. The van der Waals surface area contributed by atoms with Crippen LogP contribution in [0.5, 0.6) is 5.75 Å². The van der Waals surface area contributed by atoms with Crippen molar-refractivity contribution in [3.63, 3.8) is 0 Å². The highest BCUT2D eigenvalue weighted by molar-refractivity contribution is 6.32. The van der Waals surface area contributed by atoms with Gasteiger partial charge in [0.05, 0.1) is 24.4 Å². The summed E-state index contributed by atoms with van der Waals surface area (Å²) < 4.78 is 7.28. The van der Waals surface area contributed by atoms with Crippen molar-refractivity contribution in [2.24, 2.45) is 7.05 Å². The van der Waals surface area contributed by atoms with Crippen LogP contribution >= 0.6 is 11.6 Å². The quantitative estimate of drug-likeness (QED) is 0.868. The van der Waals surface area contributed by atoms with Gasteiger partial charge in [-0.2, -0.15) is 0 Å². The van der Waals surface area contributed by atoms with Crippen molar-refractivity contribution >= 4 is 23.2 Å². The van der Waals surface area contributed by atoms with E-state index in [1.807, 2.05) is 0 Å². The molecule has 0 spiro atoms. The molecule has 2 aromatic rings. The zero-order chi connectivity index (χ0) is 17.1. The number of ether oxygens (including phenoxy) is 1. The number of likely N-dealkylation sites (tertiary alicyclic amines) is 1. The van der Waals surface area contributed by atoms with Gasteiger partial charge in [-0.1, -0.05) is 11.6 Å². The predicted octanol–water partition coefficient (Wildman–Crippen LogP) is 2.05. The molecule has 2 atom stereocenters. The van der Waals surface area contributed by atoms with E-state index < -0.39 is 0 Å². The van der Waals surface area contributed by atoms with E-state index in [0.717, 1.165) is 19.4 Å². The van der Waals surface area contributed by atoms with Crippen molar-refractivity contribution in [2.75, 3.05) is 25.5 Å². The van der Waals surface area contributed by atoms with E-state index in [4.69, 9.17) is 16.3 Å². The minimum atomic E-state index is 0.00680. The van der Waals surface area contributed by atoms with Crippen molar-refractivity contribution in [3.05, 3.63) is 47.2 Å². The molecule has 1 saturated heterocycles. The van der Waals surface area contributed by atoms with Crippen LogP contribution in [0.15, 0.2) is 36.5 Å². The van der Waals surface area contributed by atoms with E-state index in [9.17, 15) is 4.79 Å². The summed E-state index contributed by atoms with van der Waals surface area (Å²) in [4.78, 5) is 13.7. The van der Waals surface area contributed by atoms with Crippen LogP contribution in [0.4, 0.5) is 5.69 Å². The van der Waals surface area contributed by atoms with Gasteiger partial charge in [-0.15, -0.1) is 0 Å². The highest BCUT2D eigenvalue weighted by atomic mass is 35.5. The average Bonchev–Trinajstić information content (AvgIpc) is 3.16. The Labute approximate surface area is 147 Å². The molecule has 6 heteroatoms. The molecule has 2 N–H and O–H groups in total. The van der Waals surface area contributed by atoms with Gasteiger partial charge in [0.1, 0.15) is 11.8 Å². The third-order valence-electron chi connectivity index (χ3n) is 4.65. The Morgan fingerprint density at radius 3 is 2.96 bits per heavy atom. The van der Waals surface area contributed by atoms with Crippen LogP contribution < -0.4 is 15.0 Å². The summed E-state index contributed by atoms with van der Waals surface area (Å²) in [6, 6.07) is 9.87. The molecule has 0 bridgehead atoms. The number of halogens is 1. The molecule has 0 aliphatic carbocycles. The van der Waals surface area contributed by atoms with Gasteiger partial charge in [0.25, 0.3) is 5.91 Å². The number of aryl methyl sites for hydroxylation is 1. The number of hydrogen-bond donors (Lipinski definition) is 2. The number of carbonyl (C=O) groups is 1. The summed E-state index contributed by atoms with van der Waals surface area (Å²) in [7, 11) is 3.63. The van der Waals surface area contributed by atoms with Crippen LogP contribution in [0.1, 0.15) is 24.6 Å². The Kier molecular flexibility index (Phi) is 5.11. The lowest BCUT2D eigenvalue weighted by molar-refractivity contribution is -0.910. The minimum absolute atomic E-state index is 0.00680. The summed E-state index contributed by atoms with van der Waals surface area (Å²) in [5.74, 6) is 0.607. The van der Waals surface area contributed by atoms with Crippen molar-refractivity contribution in [1.82, 2.24) is 4.57 Å². The summed E-state index contributed by atoms with van der Waals surface area (Å²) in [5.41, 5.74) is 1.99. The largest absolute Gasteiger partial charge is 0.495 e. The molecule has 1 amide bonds. The number of benzene rings is 1. The lowest BCUT2D eigenvalue weighted by Gasteiger charge is -2.21. The Hall–Kier alpha value is -1.98. The molecule has 0 radical (unpaired) electrons. The first-order valence-corrected chi connectivity index (χ1v) is 8.55. The normalized spacial score (nSPS) is 20.1. The van der Waals surface area contributed by atoms with Crippen LogP contribution in [0.3, 0.4) is 0 Å². The molecule has 1 unspecified atom stereocenters. The zero-order valence-electron chi connectivity index (χ0n) is 14.0. The number of nitrogens with zero attached hydrogens (tertiary/aromatic N) is 1. The number of aromatic nitrogens is 1. The van der Waals surface area contributed by atoms with E-state index >= 15 is 0 Å². The number of hydrogen-bond acceptors (Lipinski definition) is 2. The van der Waals surface area contributed by atoms with E-state index in [2.05, 4.69) is 35.3 Å². The molecular formula is C18H23ClN3O2+. The first-order valence-electron chi connectivity index (χ1n) is 8.17. The Morgan fingerprint density at radius 1 is 1.46 bits per heavy atom. The second-order valence-corrected chi connectivity index (χ2v) is 6.63. The average molecular weight is 349 g/mol. The van der Waals surface area contributed by atoms with Crippen LogP contribution in [0.2, 0.25) is 5.02 Å². The molecule has 1 aromatic heterocycles. The number of quaternary nitrogens is 1. The smallest absolute Gasteiger partial charge is 0.279 e. The van der Waals surface area contributed by atoms with Crippen LogP contribution in [-0.2, 0) is 11.8 Å². The standard InChI is InChI=1S/C18H22ClN3O2/c1-21-9-3-5-15(21)16-6-4-10-22(16)12-18(23)20-13-7-8-17(24-2)14(19)11-13/h3,5,7-9,11,16H,4,6,10,12H2,1-2H3,(H,20,23)/p+1/t16-/m0/s1. The van der Waals surface area contributed by atoms with Gasteiger partial charge in [-0.3, -0.25) is 4.79 Å². The maximum Gasteiger partial charge on any atom is 0.279 e. The molecule has 1 fully saturated rings. The van der Waals surface area contributed by atoms with E-state index in [1.165, 1.54) is 10.6 Å². The topological polar surface area (TPSA) is 47.7 Å². The van der Waals surface area contributed by atoms with Gasteiger partial charge >= 0.3 is 0 Å². The molecule has 3 rings (SSSR count). The summed E-state index contributed by atoms with van der Waals surface area (Å²) in [6.45, 7) is 1.48. The third kappa shape index (κ3) is 3.57. The van der Waals surface area contributed by atoms with Crippen LogP contribution in [-0.4, -0.2) is 30.7 Å². The maximum absolute atomic E-state index is 12.4. The second-order valence-electron chi connectivity index (χ2n) is 6.22. The summed E-state index contributed by atoms with van der Waals surface area (Å²) in [5, 5.41) is 3.43. The summed E-state index contributed by atoms with van der Waals surface area (Å²) in [6.07, 6.45) is 4.33. The minimum Gasteiger partial charge on any atom is -0.495 e. The first kappa shape index (κ1) is 16.9. The maximum atomic E-state index is 12.4. The fraction of sp³-hybridized carbons (Fsp3) is 0.389. The fourth-order valence-corrected chi connectivity index (χ4v) is 3.73. The van der Waals surface area contributed by atoms with Gasteiger partial charge in [-0.05, 0) is 30.3 Å². The molecule has 1 aromatic carbocycles. The fourth-order valence-electron chi connectivity index (χ4n) is 3.47. The Morgan fingerprint density at radius 2 is 2.29 bits per heavy atom. The molecule has 1 aliphatic heterocycles. The van der Waals surface area contributed by atoms with E-state index in [0.29, 0.717) is 29.0 Å². The number of carbonyl (C=O) groups excluding carboxylic acids is 1. The van der Waals surface area contributed by atoms with Gasteiger partial charge in [0.2, 0.25) is 0 Å². The second kappa shape index (κ2) is 7.28. The molecular weight excluding hydrogens is 326 g/mol. The van der Waals surface area contributed by atoms with E-state index in [1.54, 1.807) is 25.3 Å². The molecule has 2 heterocycles. The van der Waals surface area contributed by atoms with Crippen molar-refractivity contribution in [3.8, 4) is 5.75 Å². The molecule has 128 valence electrons. The van der Waals surface area contributed by atoms with Crippen molar-refractivity contribution < 1.29 is 14.4 Å². The number of rotatable bonds is 5. The van der Waals surface area contributed by atoms with Gasteiger partial charge in [0, 0.05) is 31.8 Å². The molecule has 5 nitrogen and oxygen atoms in total. The van der Waals surface area contributed by atoms with Crippen LogP contribution in [0.25, 0.3) is 0 Å². The third-order valence-corrected chi connectivity index (χ3v) is 4.94. The van der Waals surface area contributed by atoms with Gasteiger partial charge in [0.15, 0.2) is 6.54 Å². The zero-order valence-corrected chi connectivity index (χ0v) is 14.8. The SMILES string of the molecule is COc1ccc(NC(=O)C[NH+]2CCC[C@H]2c2cccn2C)cc1Cl. The highest BCUT2D eigenvalue weighted by Crippen LogP contribution is 2.27. The predicted molar refractivity (Wildman–Crippen MR) is 94.7 cm³/mol. The summed E-state index contributed by atoms with van der Waals surface area (Å²) >= 11 is 6.11. The monoisotopic (exact) mass is 348 g/mol. The Balaban J connectivity index is 1.64.